The smallest absolute Gasteiger partial charge is 0.165 e. The van der Waals surface area contributed by atoms with Crippen LogP contribution in [0.5, 0.6) is 0 Å². The predicted octanol–water partition coefficient (Wildman–Crippen LogP) is 4.07. The summed E-state index contributed by atoms with van der Waals surface area (Å²) in [5.41, 5.74) is 0.896. The van der Waals surface area contributed by atoms with E-state index in [9.17, 15) is 5.11 Å². The zero-order chi connectivity index (χ0) is 15.0. The quantitative estimate of drug-likeness (QED) is 0.534. The van der Waals surface area contributed by atoms with E-state index < -0.39 is 5.79 Å². The lowest BCUT2D eigenvalue weighted by atomic mass is 10.0. The predicted molar refractivity (Wildman–Crippen MR) is 81.7 cm³/mol. The first-order valence-electron chi connectivity index (χ1n) is 7.31. The molecule has 20 heavy (non-hydrogen) atoms. The molecule has 0 saturated heterocycles. The standard InChI is InChI=1S/C16H25ClO3/c1-3-16(19,4-2)20-15(11-7-8-12-18)13-9-5-6-10-14(13)17/h5-6,9-10,15,18-19H,3-4,7-8,11-12H2,1-2H3. The molecule has 0 amide bonds. The first kappa shape index (κ1) is 17.4. The number of rotatable bonds is 9. The lowest BCUT2D eigenvalue weighted by Crippen LogP contribution is -2.32. The summed E-state index contributed by atoms with van der Waals surface area (Å²) in [6.45, 7) is 3.98. The number of benzene rings is 1. The van der Waals surface area contributed by atoms with Gasteiger partial charge in [-0.25, -0.2) is 0 Å². The Hall–Kier alpha value is -0.610. The van der Waals surface area contributed by atoms with E-state index in [0.29, 0.717) is 17.9 Å². The van der Waals surface area contributed by atoms with Gasteiger partial charge in [-0.3, -0.25) is 0 Å². The summed E-state index contributed by atoms with van der Waals surface area (Å²) in [4.78, 5) is 0. The third kappa shape index (κ3) is 5.06. The molecule has 114 valence electrons. The molecule has 1 rings (SSSR count). The number of hydrogen-bond acceptors (Lipinski definition) is 3. The van der Waals surface area contributed by atoms with Gasteiger partial charge < -0.3 is 14.9 Å². The van der Waals surface area contributed by atoms with Crippen molar-refractivity contribution in [2.75, 3.05) is 6.61 Å². The molecule has 1 atom stereocenters. The van der Waals surface area contributed by atoms with Crippen LogP contribution in [0.1, 0.15) is 57.6 Å². The topological polar surface area (TPSA) is 49.7 Å². The summed E-state index contributed by atoms with van der Waals surface area (Å²) >= 11 is 6.24. The number of hydrogen-bond donors (Lipinski definition) is 2. The molecule has 0 heterocycles. The van der Waals surface area contributed by atoms with E-state index >= 15 is 0 Å². The Bertz CT molecular complexity index is 391. The van der Waals surface area contributed by atoms with Gasteiger partial charge in [0.1, 0.15) is 0 Å². The van der Waals surface area contributed by atoms with Crippen molar-refractivity contribution in [2.24, 2.45) is 0 Å². The van der Waals surface area contributed by atoms with Crippen LogP contribution < -0.4 is 0 Å². The van der Waals surface area contributed by atoms with Crippen LogP contribution in [0.15, 0.2) is 24.3 Å². The number of ether oxygens (including phenoxy) is 1. The highest BCUT2D eigenvalue weighted by molar-refractivity contribution is 6.31. The van der Waals surface area contributed by atoms with E-state index in [1.807, 2.05) is 38.1 Å². The van der Waals surface area contributed by atoms with Gasteiger partial charge in [0.15, 0.2) is 5.79 Å². The van der Waals surface area contributed by atoms with Crippen molar-refractivity contribution < 1.29 is 14.9 Å². The Morgan fingerprint density at radius 1 is 1.20 bits per heavy atom. The maximum absolute atomic E-state index is 10.4. The lowest BCUT2D eigenvalue weighted by molar-refractivity contribution is -0.236. The number of aliphatic hydroxyl groups excluding tert-OH is 1. The fourth-order valence-electron chi connectivity index (χ4n) is 2.14. The fourth-order valence-corrected chi connectivity index (χ4v) is 2.39. The minimum atomic E-state index is -1.12. The van der Waals surface area contributed by atoms with Crippen molar-refractivity contribution in [3.05, 3.63) is 34.9 Å². The summed E-state index contributed by atoms with van der Waals surface area (Å²) in [6.07, 6.45) is 3.10. The molecule has 0 spiro atoms. The van der Waals surface area contributed by atoms with Crippen LogP contribution in [0.2, 0.25) is 5.02 Å². The van der Waals surface area contributed by atoms with Crippen molar-refractivity contribution in [1.29, 1.82) is 0 Å². The van der Waals surface area contributed by atoms with E-state index in [2.05, 4.69) is 0 Å². The van der Waals surface area contributed by atoms with E-state index in [4.69, 9.17) is 21.4 Å². The van der Waals surface area contributed by atoms with E-state index in [0.717, 1.165) is 24.8 Å². The van der Waals surface area contributed by atoms with Gasteiger partial charge in [-0.2, -0.15) is 0 Å². The second-order valence-electron chi connectivity index (χ2n) is 5.00. The maximum atomic E-state index is 10.4. The van der Waals surface area contributed by atoms with Crippen LogP contribution in [0, 0.1) is 0 Å². The first-order valence-corrected chi connectivity index (χ1v) is 7.69. The summed E-state index contributed by atoms with van der Waals surface area (Å²) < 4.78 is 5.94. The van der Waals surface area contributed by atoms with Gasteiger partial charge in [-0.1, -0.05) is 43.6 Å². The minimum absolute atomic E-state index is 0.168. The van der Waals surface area contributed by atoms with Gasteiger partial charge in [-0.15, -0.1) is 0 Å². The van der Waals surface area contributed by atoms with Crippen LogP contribution in [-0.2, 0) is 4.74 Å². The third-order valence-electron chi connectivity index (χ3n) is 3.59. The lowest BCUT2D eigenvalue weighted by Gasteiger charge is -2.31. The molecule has 1 aromatic rings. The van der Waals surface area contributed by atoms with Crippen LogP contribution in [0.3, 0.4) is 0 Å². The highest BCUT2D eigenvalue weighted by atomic mass is 35.5. The van der Waals surface area contributed by atoms with E-state index in [-0.39, 0.29) is 12.7 Å². The highest BCUT2D eigenvalue weighted by Gasteiger charge is 2.28. The normalized spacial score (nSPS) is 13.4. The summed E-state index contributed by atoms with van der Waals surface area (Å²) in [7, 11) is 0. The summed E-state index contributed by atoms with van der Waals surface area (Å²) in [6, 6.07) is 7.55. The van der Waals surface area contributed by atoms with Gasteiger partial charge in [0, 0.05) is 11.6 Å². The zero-order valence-electron chi connectivity index (χ0n) is 12.3. The third-order valence-corrected chi connectivity index (χ3v) is 3.94. The number of halogens is 1. The summed E-state index contributed by atoms with van der Waals surface area (Å²) in [5.74, 6) is -1.12. The molecule has 0 bridgehead atoms. The Labute approximate surface area is 126 Å². The summed E-state index contributed by atoms with van der Waals surface area (Å²) in [5, 5.41) is 20.0. The van der Waals surface area contributed by atoms with Crippen LogP contribution in [-0.4, -0.2) is 22.6 Å². The second kappa shape index (κ2) is 8.63. The molecular formula is C16H25ClO3. The van der Waals surface area contributed by atoms with Gasteiger partial charge in [0.25, 0.3) is 0 Å². The Morgan fingerprint density at radius 2 is 1.85 bits per heavy atom. The second-order valence-corrected chi connectivity index (χ2v) is 5.41. The molecule has 1 aromatic carbocycles. The molecule has 0 saturated carbocycles. The van der Waals surface area contributed by atoms with E-state index in [1.165, 1.54) is 0 Å². The molecule has 1 unspecified atom stereocenters. The van der Waals surface area contributed by atoms with Crippen molar-refractivity contribution in [2.45, 2.75) is 57.8 Å². The molecule has 0 radical (unpaired) electrons. The average Bonchev–Trinajstić information content (AvgIpc) is 2.47. The van der Waals surface area contributed by atoms with Gasteiger partial charge >= 0.3 is 0 Å². The Morgan fingerprint density at radius 3 is 2.40 bits per heavy atom. The van der Waals surface area contributed by atoms with Gasteiger partial charge in [0.2, 0.25) is 0 Å². The molecule has 3 nitrogen and oxygen atoms in total. The van der Waals surface area contributed by atoms with E-state index in [1.54, 1.807) is 0 Å². The minimum Gasteiger partial charge on any atom is -0.396 e. The maximum Gasteiger partial charge on any atom is 0.165 e. The molecule has 4 heteroatoms. The number of unbranched alkanes of at least 4 members (excludes halogenated alkanes) is 1. The Kier molecular flexibility index (Phi) is 7.52. The molecule has 0 aromatic heterocycles. The van der Waals surface area contributed by atoms with Crippen molar-refractivity contribution in [3.8, 4) is 0 Å². The van der Waals surface area contributed by atoms with Gasteiger partial charge in [0.05, 0.1) is 6.10 Å². The fraction of sp³-hybridized carbons (Fsp3) is 0.625. The highest BCUT2D eigenvalue weighted by Crippen LogP contribution is 2.34. The molecule has 0 aliphatic carbocycles. The van der Waals surface area contributed by atoms with Crippen LogP contribution in [0.25, 0.3) is 0 Å². The average molecular weight is 301 g/mol. The van der Waals surface area contributed by atoms with Crippen molar-refractivity contribution >= 4 is 11.6 Å². The molecule has 0 aliphatic rings. The zero-order valence-corrected chi connectivity index (χ0v) is 13.1. The first-order chi connectivity index (χ1) is 9.56. The van der Waals surface area contributed by atoms with Gasteiger partial charge in [-0.05, 0) is 43.7 Å². The molecule has 2 N–H and O–H groups in total. The van der Waals surface area contributed by atoms with Crippen molar-refractivity contribution in [3.63, 3.8) is 0 Å². The molecule has 0 aliphatic heterocycles. The Balaban J connectivity index is 2.88. The van der Waals surface area contributed by atoms with Crippen LogP contribution in [0.4, 0.5) is 0 Å². The largest absolute Gasteiger partial charge is 0.396 e. The van der Waals surface area contributed by atoms with Crippen molar-refractivity contribution in [1.82, 2.24) is 0 Å². The molecule has 0 fully saturated rings. The SMILES string of the molecule is CCC(O)(CC)OC(CCCCO)c1ccccc1Cl. The number of aliphatic hydroxyl groups is 2. The van der Waals surface area contributed by atoms with Crippen LogP contribution >= 0.6 is 11.6 Å². The monoisotopic (exact) mass is 300 g/mol. The molecular weight excluding hydrogens is 276 g/mol.